The number of urea groups is 1. The normalized spacial score (nSPS) is 15.0. The van der Waals surface area contributed by atoms with Crippen molar-refractivity contribution in [1.82, 2.24) is 24.6 Å². The molecule has 1 aromatic carbocycles. The van der Waals surface area contributed by atoms with Gasteiger partial charge in [0.2, 0.25) is 0 Å². The van der Waals surface area contributed by atoms with Crippen molar-refractivity contribution in [2.45, 2.75) is 45.6 Å². The van der Waals surface area contributed by atoms with Gasteiger partial charge in [-0.25, -0.2) is 19.4 Å². The first-order valence-corrected chi connectivity index (χ1v) is 10.3. The molecule has 4 rings (SSSR count). The number of piperidine rings is 1. The highest BCUT2D eigenvalue weighted by Crippen LogP contribution is 2.34. The van der Waals surface area contributed by atoms with Gasteiger partial charge in [-0.2, -0.15) is 5.10 Å². The largest absolute Gasteiger partial charge is 0.325 e. The van der Waals surface area contributed by atoms with E-state index in [0.29, 0.717) is 16.5 Å². The van der Waals surface area contributed by atoms with E-state index < -0.39 is 0 Å². The first-order chi connectivity index (χ1) is 13.8. The number of carbonyl (C=O) groups is 1. The quantitative estimate of drug-likeness (QED) is 0.648. The van der Waals surface area contributed by atoms with E-state index in [1.54, 1.807) is 0 Å². The van der Waals surface area contributed by atoms with Crippen LogP contribution in [0.4, 0.5) is 10.6 Å². The molecule has 1 aliphatic heterocycles. The molecule has 1 fully saturated rings. The number of nitrogens with zero attached hydrogens (tertiary/aromatic N) is 5. The Morgan fingerprint density at radius 3 is 2.41 bits per heavy atom. The molecule has 0 radical (unpaired) electrons. The lowest BCUT2D eigenvalue weighted by Crippen LogP contribution is -2.38. The van der Waals surface area contributed by atoms with Gasteiger partial charge in [0.1, 0.15) is 17.8 Å². The molecule has 0 unspecified atom stereocenters. The van der Waals surface area contributed by atoms with Gasteiger partial charge in [0.15, 0.2) is 5.65 Å². The van der Waals surface area contributed by atoms with Gasteiger partial charge in [-0.3, -0.25) is 5.32 Å². The number of nitrogens with one attached hydrogen (secondary N) is 1. The number of likely N-dealkylation sites (tertiary alicyclic amines) is 1. The molecule has 0 atom stereocenters. The van der Waals surface area contributed by atoms with Gasteiger partial charge in [-0.15, -0.1) is 0 Å². The minimum Gasteiger partial charge on any atom is -0.325 e. The molecule has 3 heterocycles. The van der Waals surface area contributed by atoms with E-state index in [1.165, 1.54) is 12.7 Å². The number of fused-ring (bicyclic) bond motifs is 1. The van der Waals surface area contributed by atoms with Crippen LogP contribution in [0.5, 0.6) is 0 Å². The molecule has 2 amide bonds. The van der Waals surface area contributed by atoms with E-state index in [-0.39, 0.29) is 11.6 Å². The van der Waals surface area contributed by atoms with Gasteiger partial charge in [-0.1, -0.05) is 23.7 Å². The van der Waals surface area contributed by atoms with Crippen LogP contribution >= 0.6 is 11.6 Å². The second-order valence-electron chi connectivity index (χ2n) is 8.34. The maximum Gasteiger partial charge on any atom is 0.323 e. The zero-order valence-electron chi connectivity index (χ0n) is 16.9. The van der Waals surface area contributed by atoms with Gasteiger partial charge >= 0.3 is 6.03 Å². The fraction of sp³-hybridized carbons (Fsp3) is 0.429. The highest BCUT2D eigenvalue weighted by Gasteiger charge is 2.26. The average Bonchev–Trinajstić information content (AvgIpc) is 3.10. The Hall–Kier alpha value is -2.67. The van der Waals surface area contributed by atoms with Gasteiger partial charge in [0, 0.05) is 23.7 Å². The minimum absolute atomic E-state index is 0.129. The Morgan fingerprint density at radius 1 is 1.07 bits per heavy atom. The molecule has 0 saturated carbocycles. The summed E-state index contributed by atoms with van der Waals surface area (Å²) < 4.78 is 1.88. The molecule has 3 aromatic rings. The van der Waals surface area contributed by atoms with Crippen LogP contribution in [-0.4, -0.2) is 43.8 Å². The Balaban J connectivity index is 1.83. The first kappa shape index (κ1) is 19.6. The van der Waals surface area contributed by atoms with Gasteiger partial charge in [0.25, 0.3) is 0 Å². The minimum atomic E-state index is -0.286. The molecule has 7 nitrogen and oxygen atoms in total. The SMILES string of the molecule is CC(C)(C)n1nc(-c2ccc(Cl)cc2)c2c(NC(=O)N3CCCCC3)ncnc21. The summed E-state index contributed by atoms with van der Waals surface area (Å²) >= 11 is 6.07. The van der Waals surface area contributed by atoms with Crippen LogP contribution in [-0.2, 0) is 5.54 Å². The number of benzene rings is 1. The average molecular weight is 413 g/mol. The number of rotatable bonds is 2. The van der Waals surface area contributed by atoms with E-state index in [4.69, 9.17) is 16.7 Å². The maximum absolute atomic E-state index is 12.8. The van der Waals surface area contributed by atoms with Crippen molar-refractivity contribution in [2.75, 3.05) is 18.4 Å². The Kier molecular flexibility index (Phi) is 5.17. The standard InChI is InChI=1S/C21H25ClN6O/c1-21(2,3)28-19-16(17(26-28)14-7-9-15(22)10-8-14)18(23-13-24-19)25-20(29)27-11-5-4-6-12-27/h7-10,13H,4-6,11-12H2,1-3H3,(H,23,24,25,29). The molecular weight excluding hydrogens is 388 g/mol. The molecule has 1 aliphatic rings. The highest BCUT2D eigenvalue weighted by molar-refractivity contribution is 6.30. The van der Waals surface area contributed by atoms with E-state index in [2.05, 4.69) is 36.1 Å². The van der Waals surface area contributed by atoms with Crippen molar-refractivity contribution in [3.05, 3.63) is 35.6 Å². The number of anilines is 1. The molecule has 152 valence electrons. The van der Waals surface area contributed by atoms with Crippen molar-refractivity contribution >= 4 is 34.5 Å². The van der Waals surface area contributed by atoms with Crippen molar-refractivity contribution in [3.63, 3.8) is 0 Å². The molecule has 2 aromatic heterocycles. The lowest BCUT2D eigenvalue weighted by molar-refractivity contribution is 0.200. The fourth-order valence-electron chi connectivity index (χ4n) is 3.60. The molecule has 0 bridgehead atoms. The van der Waals surface area contributed by atoms with E-state index in [1.807, 2.05) is 33.8 Å². The molecule has 0 spiro atoms. The second-order valence-corrected chi connectivity index (χ2v) is 8.77. The summed E-state index contributed by atoms with van der Waals surface area (Å²) in [6.07, 6.45) is 4.71. The smallest absolute Gasteiger partial charge is 0.323 e. The number of aromatic nitrogens is 4. The third kappa shape index (κ3) is 3.92. The van der Waals surface area contributed by atoms with Crippen LogP contribution in [0.2, 0.25) is 5.02 Å². The number of hydrogen-bond donors (Lipinski definition) is 1. The lowest BCUT2D eigenvalue weighted by Gasteiger charge is -2.26. The maximum atomic E-state index is 12.8. The number of halogens is 1. The van der Waals surface area contributed by atoms with E-state index >= 15 is 0 Å². The third-order valence-electron chi connectivity index (χ3n) is 5.09. The summed E-state index contributed by atoms with van der Waals surface area (Å²) in [6, 6.07) is 7.36. The molecule has 1 saturated heterocycles. The van der Waals surface area contributed by atoms with Crippen molar-refractivity contribution in [2.24, 2.45) is 0 Å². The number of amides is 2. The Morgan fingerprint density at radius 2 is 1.76 bits per heavy atom. The van der Waals surface area contributed by atoms with Crippen LogP contribution in [0.25, 0.3) is 22.3 Å². The zero-order valence-corrected chi connectivity index (χ0v) is 17.7. The number of hydrogen-bond acceptors (Lipinski definition) is 4. The van der Waals surface area contributed by atoms with E-state index in [9.17, 15) is 4.79 Å². The molecule has 0 aliphatic carbocycles. The fourth-order valence-corrected chi connectivity index (χ4v) is 3.73. The predicted molar refractivity (Wildman–Crippen MR) is 115 cm³/mol. The van der Waals surface area contributed by atoms with Gasteiger partial charge in [0.05, 0.1) is 10.9 Å². The van der Waals surface area contributed by atoms with Crippen molar-refractivity contribution in [3.8, 4) is 11.3 Å². The van der Waals surface area contributed by atoms with Crippen LogP contribution < -0.4 is 5.32 Å². The van der Waals surface area contributed by atoms with Crippen LogP contribution in [0.3, 0.4) is 0 Å². The molecular formula is C21H25ClN6O. The number of carbonyl (C=O) groups excluding carboxylic acids is 1. The third-order valence-corrected chi connectivity index (χ3v) is 5.34. The van der Waals surface area contributed by atoms with Crippen LogP contribution in [0.15, 0.2) is 30.6 Å². The van der Waals surface area contributed by atoms with Crippen LogP contribution in [0.1, 0.15) is 40.0 Å². The molecule has 8 heteroatoms. The van der Waals surface area contributed by atoms with Crippen molar-refractivity contribution < 1.29 is 4.79 Å². The molecule has 1 N–H and O–H groups in total. The lowest BCUT2D eigenvalue weighted by atomic mass is 10.1. The van der Waals surface area contributed by atoms with Crippen LogP contribution in [0, 0.1) is 0 Å². The zero-order chi connectivity index (χ0) is 20.6. The monoisotopic (exact) mass is 412 g/mol. The predicted octanol–water partition coefficient (Wildman–Crippen LogP) is 4.92. The topological polar surface area (TPSA) is 75.9 Å². The summed E-state index contributed by atoms with van der Waals surface area (Å²) in [5.74, 6) is 0.478. The van der Waals surface area contributed by atoms with Gasteiger partial charge in [-0.05, 0) is 52.2 Å². The van der Waals surface area contributed by atoms with Crippen molar-refractivity contribution in [1.29, 1.82) is 0 Å². The van der Waals surface area contributed by atoms with E-state index in [0.717, 1.165) is 42.6 Å². The Bertz CT molecular complexity index is 1030. The van der Waals surface area contributed by atoms with Gasteiger partial charge < -0.3 is 4.90 Å². The highest BCUT2D eigenvalue weighted by atomic mass is 35.5. The molecule has 29 heavy (non-hydrogen) atoms. The summed E-state index contributed by atoms with van der Waals surface area (Å²) in [5.41, 5.74) is 2.02. The summed E-state index contributed by atoms with van der Waals surface area (Å²) in [6.45, 7) is 7.74. The second kappa shape index (κ2) is 7.63. The first-order valence-electron chi connectivity index (χ1n) is 9.90. The summed E-state index contributed by atoms with van der Waals surface area (Å²) in [4.78, 5) is 23.5. The summed E-state index contributed by atoms with van der Waals surface area (Å²) in [7, 11) is 0. The summed E-state index contributed by atoms with van der Waals surface area (Å²) in [5, 5.41) is 9.23. The Labute approximate surface area is 175 Å².